The Bertz CT molecular complexity index is 273. The van der Waals surface area contributed by atoms with E-state index in [1.807, 2.05) is 0 Å². The standard InChI is InChI=1S/C8H18NO7P/c1-2-8(11)14-5-7(10)6-16-17(12,13)15-4-3-9/h7,10H,2-6,9H2,1H3,(H,12,13)/t7-/m0/s1. The number of carbonyl (C=O) groups excluding carboxylic acids is 1. The average Bonchev–Trinajstić information content (AvgIpc) is 2.31. The third-order valence-electron chi connectivity index (χ3n) is 1.53. The Morgan fingerprint density at radius 3 is 2.59 bits per heavy atom. The molecule has 0 bridgehead atoms. The summed E-state index contributed by atoms with van der Waals surface area (Å²) in [4.78, 5) is 19.8. The lowest BCUT2D eigenvalue weighted by atomic mass is 10.4. The quantitative estimate of drug-likeness (QED) is 0.374. The summed E-state index contributed by atoms with van der Waals surface area (Å²) in [7, 11) is -4.20. The van der Waals surface area contributed by atoms with Gasteiger partial charge >= 0.3 is 13.8 Å². The number of phosphoric acid groups is 1. The maximum atomic E-state index is 11.1. The molecule has 0 aromatic rings. The zero-order valence-corrected chi connectivity index (χ0v) is 10.5. The summed E-state index contributed by atoms with van der Waals surface area (Å²) >= 11 is 0. The van der Waals surface area contributed by atoms with Gasteiger partial charge in [-0.15, -0.1) is 0 Å². The molecule has 0 saturated heterocycles. The maximum absolute atomic E-state index is 11.1. The van der Waals surface area contributed by atoms with Gasteiger partial charge in [0.05, 0.1) is 13.2 Å². The molecule has 0 spiro atoms. The third-order valence-corrected chi connectivity index (χ3v) is 2.51. The lowest BCUT2D eigenvalue weighted by molar-refractivity contribution is -0.146. The van der Waals surface area contributed by atoms with E-state index in [4.69, 9.17) is 10.6 Å². The molecule has 4 N–H and O–H groups in total. The largest absolute Gasteiger partial charge is 0.472 e. The van der Waals surface area contributed by atoms with Crippen LogP contribution in [0, 0.1) is 0 Å². The van der Waals surface area contributed by atoms with E-state index >= 15 is 0 Å². The van der Waals surface area contributed by atoms with Gasteiger partial charge in [0.25, 0.3) is 0 Å². The van der Waals surface area contributed by atoms with Crippen LogP contribution in [0.5, 0.6) is 0 Å². The normalized spacial score (nSPS) is 16.2. The maximum Gasteiger partial charge on any atom is 0.472 e. The fraction of sp³-hybridized carbons (Fsp3) is 0.875. The number of esters is 1. The second kappa shape index (κ2) is 8.57. The van der Waals surface area contributed by atoms with E-state index in [0.717, 1.165) is 0 Å². The molecule has 1 unspecified atom stereocenters. The van der Waals surface area contributed by atoms with Crippen molar-refractivity contribution < 1.29 is 33.1 Å². The molecule has 0 rings (SSSR count). The van der Waals surface area contributed by atoms with Gasteiger partial charge in [0.2, 0.25) is 0 Å². The summed E-state index contributed by atoms with van der Waals surface area (Å²) in [6.07, 6.45) is -1.00. The highest BCUT2D eigenvalue weighted by Crippen LogP contribution is 2.42. The van der Waals surface area contributed by atoms with Crippen molar-refractivity contribution in [2.24, 2.45) is 5.73 Å². The monoisotopic (exact) mass is 271 g/mol. The van der Waals surface area contributed by atoms with E-state index in [2.05, 4.69) is 13.8 Å². The van der Waals surface area contributed by atoms with Crippen LogP contribution in [-0.2, 0) is 23.1 Å². The van der Waals surface area contributed by atoms with Gasteiger partial charge in [-0.2, -0.15) is 0 Å². The SMILES string of the molecule is CCC(=O)OC[C@H](O)COP(=O)(O)OCCN. The van der Waals surface area contributed by atoms with E-state index < -0.39 is 26.5 Å². The highest BCUT2D eigenvalue weighted by molar-refractivity contribution is 7.47. The van der Waals surface area contributed by atoms with Gasteiger partial charge in [-0.05, 0) is 0 Å². The summed E-state index contributed by atoms with van der Waals surface area (Å²) in [6, 6.07) is 0. The molecule has 0 saturated carbocycles. The number of aliphatic hydroxyl groups is 1. The molecule has 2 atom stereocenters. The van der Waals surface area contributed by atoms with Gasteiger partial charge in [-0.1, -0.05) is 6.92 Å². The van der Waals surface area contributed by atoms with Crippen LogP contribution in [0.25, 0.3) is 0 Å². The Labute approximate surface area is 99.3 Å². The molecule has 0 aliphatic carbocycles. The Hall–Kier alpha value is -0.500. The number of carbonyl (C=O) groups is 1. The van der Waals surface area contributed by atoms with Crippen molar-refractivity contribution in [3.05, 3.63) is 0 Å². The molecule has 102 valence electrons. The van der Waals surface area contributed by atoms with Crippen LogP contribution in [0.15, 0.2) is 0 Å². The van der Waals surface area contributed by atoms with Crippen LogP contribution in [-0.4, -0.2) is 48.4 Å². The minimum absolute atomic E-state index is 0.0740. The van der Waals surface area contributed by atoms with Crippen molar-refractivity contribution in [3.63, 3.8) is 0 Å². The summed E-state index contributed by atoms with van der Waals surface area (Å²) < 4.78 is 24.6. The zero-order valence-electron chi connectivity index (χ0n) is 9.57. The van der Waals surface area contributed by atoms with E-state index in [1.54, 1.807) is 6.92 Å². The number of phosphoric ester groups is 1. The molecule has 8 nitrogen and oxygen atoms in total. The van der Waals surface area contributed by atoms with E-state index in [9.17, 15) is 14.5 Å². The van der Waals surface area contributed by atoms with Crippen LogP contribution in [0.3, 0.4) is 0 Å². The van der Waals surface area contributed by atoms with Crippen LogP contribution < -0.4 is 5.73 Å². The smallest absolute Gasteiger partial charge is 0.463 e. The van der Waals surface area contributed by atoms with Crippen molar-refractivity contribution in [3.8, 4) is 0 Å². The van der Waals surface area contributed by atoms with Gasteiger partial charge in [0, 0.05) is 13.0 Å². The minimum Gasteiger partial charge on any atom is -0.463 e. The molecule has 0 heterocycles. The number of hydrogen-bond donors (Lipinski definition) is 3. The van der Waals surface area contributed by atoms with Crippen molar-refractivity contribution in [2.45, 2.75) is 19.4 Å². The summed E-state index contributed by atoms with van der Waals surface area (Å²) in [6.45, 7) is 0.770. The molecule has 0 aromatic heterocycles. The second-order valence-electron chi connectivity index (χ2n) is 3.08. The number of nitrogens with two attached hydrogens (primary N) is 1. The Morgan fingerprint density at radius 2 is 2.06 bits per heavy atom. The first-order chi connectivity index (χ1) is 7.91. The van der Waals surface area contributed by atoms with Gasteiger partial charge in [0.15, 0.2) is 0 Å². The molecule has 0 aliphatic heterocycles. The first kappa shape index (κ1) is 16.5. The molecule has 9 heteroatoms. The van der Waals surface area contributed by atoms with Crippen molar-refractivity contribution in [1.29, 1.82) is 0 Å². The molecule has 0 amide bonds. The lowest BCUT2D eigenvalue weighted by Crippen LogP contribution is -2.23. The summed E-state index contributed by atoms with van der Waals surface area (Å²) in [5.41, 5.74) is 5.07. The Balaban J connectivity index is 3.78. The van der Waals surface area contributed by atoms with E-state index in [-0.39, 0.29) is 26.2 Å². The van der Waals surface area contributed by atoms with Gasteiger partial charge < -0.3 is 20.5 Å². The number of ether oxygens (including phenoxy) is 1. The number of aliphatic hydroxyl groups excluding tert-OH is 1. The van der Waals surface area contributed by atoms with Crippen molar-refractivity contribution >= 4 is 13.8 Å². The predicted molar refractivity (Wildman–Crippen MR) is 58.0 cm³/mol. The first-order valence-electron chi connectivity index (χ1n) is 5.07. The molecule has 0 radical (unpaired) electrons. The molecule has 17 heavy (non-hydrogen) atoms. The highest BCUT2D eigenvalue weighted by Gasteiger charge is 2.22. The lowest BCUT2D eigenvalue weighted by Gasteiger charge is -2.14. The highest BCUT2D eigenvalue weighted by atomic mass is 31.2. The van der Waals surface area contributed by atoms with Gasteiger partial charge in [-0.25, -0.2) is 4.57 Å². The van der Waals surface area contributed by atoms with Crippen molar-refractivity contribution in [2.75, 3.05) is 26.4 Å². The molecular weight excluding hydrogens is 253 g/mol. The molecule has 0 fully saturated rings. The predicted octanol–water partition coefficient (Wildman–Crippen LogP) is -0.607. The molecular formula is C8H18NO7P. The van der Waals surface area contributed by atoms with E-state index in [0.29, 0.717) is 0 Å². The average molecular weight is 271 g/mol. The van der Waals surface area contributed by atoms with Crippen LogP contribution >= 0.6 is 7.82 Å². The third kappa shape index (κ3) is 9.22. The molecule has 0 aromatic carbocycles. The van der Waals surface area contributed by atoms with Gasteiger partial charge in [-0.3, -0.25) is 13.8 Å². The molecule has 0 aliphatic rings. The number of hydrogen-bond acceptors (Lipinski definition) is 7. The fourth-order valence-electron chi connectivity index (χ4n) is 0.725. The van der Waals surface area contributed by atoms with E-state index in [1.165, 1.54) is 0 Å². The van der Waals surface area contributed by atoms with Crippen LogP contribution in [0.1, 0.15) is 13.3 Å². The first-order valence-corrected chi connectivity index (χ1v) is 6.56. The van der Waals surface area contributed by atoms with Gasteiger partial charge in [0.1, 0.15) is 12.7 Å². The Morgan fingerprint density at radius 1 is 1.41 bits per heavy atom. The topological polar surface area (TPSA) is 128 Å². The van der Waals surface area contributed by atoms with Crippen LogP contribution in [0.4, 0.5) is 0 Å². The minimum atomic E-state index is -4.20. The summed E-state index contributed by atoms with van der Waals surface area (Å²) in [5.74, 6) is -0.476. The second-order valence-corrected chi connectivity index (χ2v) is 4.53. The number of rotatable bonds is 9. The fourth-order valence-corrected chi connectivity index (χ4v) is 1.50. The Kier molecular flexibility index (Phi) is 8.32. The summed E-state index contributed by atoms with van der Waals surface area (Å²) in [5, 5.41) is 9.27. The zero-order chi connectivity index (χ0) is 13.3. The van der Waals surface area contributed by atoms with Crippen LogP contribution in [0.2, 0.25) is 0 Å². The van der Waals surface area contributed by atoms with Crippen molar-refractivity contribution in [1.82, 2.24) is 0 Å².